The molecule has 2 bridgehead atoms. The number of hydrogen-bond acceptors (Lipinski definition) is 7. The number of morpholine rings is 1. The van der Waals surface area contributed by atoms with Gasteiger partial charge in [0.2, 0.25) is 0 Å². The summed E-state index contributed by atoms with van der Waals surface area (Å²) >= 11 is 6.20. The highest BCUT2D eigenvalue weighted by Crippen LogP contribution is 2.48. The lowest BCUT2D eigenvalue weighted by Crippen LogP contribution is -2.49. The molecule has 1 aliphatic carbocycles. The molecule has 38 heavy (non-hydrogen) atoms. The van der Waals surface area contributed by atoms with Crippen LogP contribution in [-0.4, -0.2) is 72.9 Å². The molecule has 0 aromatic heterocycles. The molecule has 2 aromatic rings. The van der Waals surface area contributed by atoms with Gasteiger partial charge in [-0.15, -0.1) is 0 Å². The molecule has 3 heterocycles. The van der Waals surface area contributed by atoms with E-state index in [1.165, 1.54) is 0 Å². The van der Waals surface area contributed by atoms with Crippen LogP contribution in [0.5, 0.6) is 0 Å². The van der Waals surface area contributed by atoms with E-state index in [2.05, 4.69) is 17.3 Å². The molecule has 7 nitrogen and oxygen atoms in total. The standard InChI is InChI=1S/C17H21NO4.C13H16ClNO/c1-18-13-7-11(8-14(18)16-15(13)22-16)21-17(20)12(9-19)10-5-3-2-4-6-10;1-15-13(9-5-4-8-12(13)16)10-6-2-3-7-11(10)14/h2-6,11-16,19H,7-9H2,1H3;2-3,6-7,15H,4-5,8-9H2,1H3/t11?,12-,13-,14+,15-,16+;/m1./s1. The molecule has 7 atom stereocenters. The van der Waals surface area contributed by atoms with Crippen molar-refractivity contribution in [2.45, 2.75) is 80.4 Å². The summed E-state index contributed by atoms with van der Waals surface area (Å²) in [5.41, 5.74) is 1.16. The van der Waals surface area contributed by atoms with Crippen molar-refractivity contribution in [1.29, 1.82) is 0 Å². The van der Waals surface area contributed by atoms with Crippen molar-refractivity contribution in [1.82, 2.24) is 10.2 Å². The van der Waals surface area contributed by atoms with E-state index in [0.29, 0.717) is 35.7 Å². The number of aliphatic hydroxyl groups excluding tert-OH is 1. The van der Waals surface area contributed by atoms with E-state index in [4.69, 9.17) is 21.1 Å². The van der Waals surface area contributed by atoms with Gasteiger partial charge in [0.15, 0.2) is 5.78 Å². The number of ether oxygens (including phenoxy) is 2. The zero-order chi connectivity index (χ0) is 26.9. The lowest BCUT2D eigenvalue weighted by atomic mass is 9.75. The molecule has 2 unspecified atom stereocenters. The first-order chi connectivity index (χ1) is 18.4. The lowest BCUT2D eigenvalue weighted by molar-refractivity contribution is -0.156. The molecular weight excluding hydrogens is 504 g/mol. The molecule has 204 valence electrons. The molecule has 2 N–H and O–H groups in total. The largest absolute Gasteiger partial charge is 0.462 e. The predicted octanol–water partition coefficient (Wildman–Crippen LogP) is 3.82. The Bertz CT molecular complexity index is 1130. The Labute approximate surface area is 229 Å². The summed E-state index contributed by atoms with van der Waals surface area (Å²) in [7, 11) is 3.97. The topological polar surface area (TPSA) is 91.4 Å². The van der Waals surface area contributed by atoms with Gasteiger partial charge in [0.05, 0.1) is 6.61 Å². The van der Waals surface area contributed by atoms with Crippen molar-refractivity contribution in [2.75, 3.05) is 20.7 Å². The number of epoxide rings is 1. The van der Waals surface area contributed by atoms with Crippen LogP contribution < -0.4 is 5.32 Å². The number of Topliss-reactive ketones (excluding diaryl/α,β-unsaturated/α-hetero) is 1. The molecule has 4 fully saturated rings. The van der Waals surface area contributed by atoms with Crippen LogP contribution in [0, 0.1) is 0 Å². The highest BCUT2D eigenvalue weighted by atomic mass is 35.5. The van der Waals surface area contributed by atoms with E-state index < -0.39 is 11.5 Å². The van der Waals surface area contributed by atoms with E-state index in [-0.39, 0.29) is 24.5 Å². The Morgan fingerprint density at radius 3 is 2.39 bits per heavy atom. The summed E-state index contributed by atoms with van der Waals surface area (Å²) < 4.78 is 11.4. The van der Waals surface area contributed by atoms with Crippen LogP contribution in [0.1, 0.15) is 55.6 Å². The number of piperidine rings is 1. The third kappa shape index (κ3) is 5.15. The highest BCUT2D eigenvalue weighted by Gasteiger charge is 2.62. The predicted molar refractivity (Wildman–Crippen MR) is 145 cm³/mol. The minimum Gasteiger partial charge on any atom is -0.462 e. The summed E-state index contributed by atoms with van der Waals surface area (Å²) in [4.78, 5) is 27.0. The monoisotopic (exact) mass is 540 g/mol. The maximum Gasteiger partial charge on any atom is 0.316 e. The Hall–Kier alpha value is -2.29. The minimum atomic E-state index is -0.593. The molecule has 2 aromatic carbocycles. The van der Waals surface area contributed by atoms with Gasteiger partial charge in [0.1, 0.15) is 29.8 Å². The van der Waals surface area contributed by atoms with Crippen LogP contribution >= 0.6 is 11.6 Å². The molecule has 3 aliphatic heterocycles. The van der Waals surface area contributed by atoms with Crippen molar-refractivity contribution < 1.29 is 24.2 Å². The fourth-order valence-corrected chi connectivity index (χ4v) is 6.86. The number of aliphatic hydroxyl groups is 1. The van der Waals surface area contributed by atoms with E-state index in [1.54, 1.807) is 0 Å². The number of hydrogen-bond donors (Lipinski definition) is 2. The van der Waals surface area contributed by atoms with Gasteiger partial charge in [-0.05, 0) is 44.1 Å². The second-order valence-electron chi connectivity index (χ2n) is 10.8. The first-order valence-electron chi connectivity index (χ1n) is 13.6. The minimum absolute atomic E-state index is 0.0622. The van der Waals surface area contributed by atoms with Gasteiger partial charge in [-0.3, -0.25) is 14.5 Å². The number of likely N-dealkylation sites (N-methyl/N-ethyl adjacent to an activating group) is 2. The molecule has 4 aliphatic rings. The van der Waals surface area contributed by atoms with Gasteiger partial charge >= 0.3 is 5.97 Å². The van der Waals surface area contributed by atoms with E-state index >= 15 is 0 Å². The summed E-state index contributed by atoms with van der Waals surface area (Å²) in [6.45, 7) is -0.226. The smallest absolute Gasteiger partial charge is 0.316 e. The molecular formula is C30H37ClN2O5. The quantitative estimate of drug-likeness (QED) is 0.425. The number of carbonyl (C=O) groups excluding carboxylic acids is 2. The zero-order valence-electron chi connectivity index (χ0n) is 22.0. The summed E-state index contributed by atoms with van der Waals surface area (Å²) in [6.07, 6.45) is 5.80. The molecule has 0 spiro atoms. The number of rotatable bonds is 6. The van der Waals surface area contributed by atoms with Crippen molar-refractivity contribution in [3.63, 3.8) is 0 Å². The van der Waals surface area contributed by atoms with Crippen LogP contribution in [0.2, 0.25) is 5.02 Å². The van der Waals surface area contributed by atoms with Gasteiger partial charge in [0, 0.05) is 36.4 Å². The second-order valence-corrected chi connectivity index (χ2v) is 11.2. The van der Waals surface area contributed by atoms with E-state index in [1.807, 2.05) is 61.6 Å². The lowest BCUT2D eigenvalue weighted by Gasteiger charge is -2.38. The summed E-state index contributed by atoms with van der Waals surface area (Å²) in [5, 5.41) is 13.4. The fourth-order valence-electron chi connectivity index (χ4n) is 6.56. The van der Waals surface area contributed by atoms with Crippen LogP contribution in [0.4, 0.5) is 0 Å². The average Bonchev–Trinajstić information content (AvgIpc) is 3.70. The second kappa shape index (κ2) is 11.4. The van der Waals surface area contributed by atoms with E-state index in [9.17, 15) is 14.7 Å². The van der Waals surface area contributed by atoms with Crippen molar-refractivity contribution in [3.8, 4) is 0 Å². The Morgan fingerprint density at radius 2 is 1.79 bits per heavy atom. The SMILES string of the molecule is CN1[C@@H]2CC(OC(=O)[C@H](CO)c3ccccc3)C[C@H]1[C@@H]1O[C@@H]12.CNC1(c2ccccc2Cl)CCCCC1=O. The van der Waals surface area contributed by atoms with Crippen LogP contribution in [0.25, 0.3) is 0 Å². The van der Waals surface area contributed by atoms with Gasteiger partial charge in [-0.25, -0.2) is 0 Å². The summed E-state index contributed by atoms with van der Waals surface area (Å²) in [6, 6.07) is 17.7. The van der Waals surface area contributed by atoms with Crippen LogP contribution in [0.15, 0.2) is 54.6 Å². The molecule has 8 heteroatoms. The molecule has 1 saturated carbocycles. The normalized spacial score (nSPS) is 32.5. The fraction of sp³-hybridized carbons (Fsp3) is 0.533. The zero-order valence-corrected chi connectivity index (χ0v) is 22.8. The van der Waals surface area contributed by atoms with Gasteiger partial charge in [-0.1, -0.05) is 66.6 Å². The van der Waals surface area contributed by atoms with Crippen LogP contribution in [0.3, 0.4) is 0 Å². The number of ketones is 1. The number of nitrogens with zero attached hydrogens (tertiary/aromatic N) is 1. The first-order valence-corrected chi connectivity index (χ1v) is 14.0. The number of benzene rings is 2. The molecule has 0 amide bonds. The first kappa shape index (κ1) is 27.3. The van der Waals surface area contributed by atoms with E-state index in [0.717, 1.165) is 43.2 Å². The number of nitrogens with one attached hydrogen (secondary N) is 1. The number of esters is 1. The van der Waals surface area contributed by atoms with Gasteiger partial charge in [0.25, 0.3) is 0 Å². The van der Waals surface area contributed by atoms with Crippen LogP contribution in [-0.2, 0) is 24.6 Å². The molecule has 3 saturated heterocycles. The van der Waals surface area contributed by atoms with Gasteiger partial charge in [-0.2, -0.15) is 0 Å². The summed E-state index contributed by atoms with van der Waals surface area (Å²) in [5.74, 6) is -0.657. The third-order valence-electron chi connectivity index (χ3n) is 8.77. The Kier molecular flexibility index (Phi) is 8.22. The van der Waals surface area contributed by atoms with Crippen molar-refractivity contribution in [2.24, 2.45) is 0 Å². The van der Waals surface area contributed by atoms with Crippen molar-refractivity contribution in [3.05, 3.63) is 70.7 Å². The Morgan fingerprint density at radius 1 is 1.13 bits per heavy atom. The maximum absolute atomic E-state index is 12.4. The maximum atomic E-state index is 12.4. The average molecular weight is 541 g/mol. The highest BCUT2D eigenvalue weighted by molar-refractivity contribution is 6.31. The van der Waals surface area contributed by atoms with Crippen molar-refractivity contribution >= 4 is 23.4 Å². The number of fused-ring (bicyclic) bond motifs is 5. The number of halogens is 1. The third-order valence-corrected chi connectivity index (χ3v) is 9.10. The molecule has 6 rings (SSSR count). The number of carbonyl (C=O) groups is 2. The van der Waals surface area contributed by atoms with Gasteiger partial charge < -0.3 is 19.9 Å². The molecule has 0 radical (unpaired) electrons. The Balaban J connectivity index is 0.000000163.